The van der Waals surface area contributed by atoms with E-state index in [9.17, 15) is 14.4 Å². The highest BCUT2D eigenvalue weighted by atomic mass is 16.2. The summed E-state index contributed by atoms with van der Waals surface area (Å²) in [5, 5.41) is 7.94. The van der Waals surface area contributed by atoms with Crippen LogP contribution in [0.25, 0.3) is 0 Å². The van der Waals surface area contributed by atoms with Gasteiger partial charge >= 0.3 is 6.03 Å². The lowest BCUT2D eigenvalue weighted by Gasteiger charge is -2.10. The molecule has 2 aromatic rings. The molecule has 8 heteroatoms. The number of nitrogens with two attached hydrogens (primary N) is 1. The highest BCUT2D eigenvalue weighted by Crippen LogP contribution is 2.23. The van der Waals surface area contributed by atoms with Crippen LogP contribution < -0.4 is 27.2 Å². The number of urea groups is 1. The second kappa shape index (κ2) is 9.75. The first kappa shape index (κ1) is 20.5. The number of anilines is 2. The van der Waals surface area contributed by atoms with Gasteiger partial charge in [0.1, 0.15) is 0 Å². The summed E-state index contributed by atoms with van der Waals surface area (Å²) in [5.74, 6) is 10.6. The average Bonchev–Trinajstić information content (AvgIpc) is 2.66. The summed E-state index contributed by atoms with van der Waals surface area (Å²) in [7, 11) is 0. The molecule has 0 heterocycles. The largest absolute Gasteiger partial charge is 0.333 e. The number of hydrogen-bond acceptors (Lipinski definition) is 4. The molecule has 0 unspecified atom stereocenters. The Bertz CT molecular complexity index is 943. The fourth-order valence-corrected chi connectivity index (χ4v) is 2.30. The quantitative estimate of drug-likeness (QED) is 0.240. The number of amides is 4. The summed E-state index contributed by atoms with van der Waals surface area (Å²) in [6, 6.07) is 12.1. The zero-order valence-electron chi connectivity index (χ0n) is 15.6. The molecule has 0 bridgehead atoms. The number of hydrazine groups is 1. The Labute approximate surface area is 162 Å². The van der Waals surface area contributed by atoms with Crippen molar-refractivity contribution in [2.24, 2.45) is 5.84 Å². The van der Waals surface area contributed by atoms with Crippen LogP contribution in [0.1, 0.15) is 30.5 Å². The van der Waals surface area contributed by atoms with E-state index in [-0.39, 0.29) is 11.8 Å². The SMILES string of the molecule is CC(=O)Nc1ccc(C#Cc2ccc(CNC(=O)NN)cc2)cc1NC(C)=O. The Morgan fingerprint density at radius 3 is 2.04 bits per heavy atom. The minimum atomic E-state index is -0.457. The molecule has 0 radical (unpaired) electrons. The standard InChI is InChI=1S/C20H21N5O3/c1-13(26)23-18-10-9-16(11-19(18)24-14(2)27)6-3-15-4-7-17(8-5-15)12-22-20(28)25-21/h4-5,7-11H,12,21H2,1-2H3,(H,23,26)(H,24,27)(H2,22,25,28). The Morgan fingerprint density at radius 1 is 0.857 bits per heavy atom. The van der Waals surface area contributed by atoms with Crippen LogP contribution in [0.2, 0.25) is 0 Å². The van der Waals surface area contributed by atoms with Crippen LogP contribution in [-0.4, -0.2) is 17.8 Å². The maximum atomic E-state index is 11.4. The van der Waals surface area contributed by atoms with Gasteiger partial charge in [-0.15, -0.1) is 0 Å². The lowest BCUT2D eigenvalue weighted by atomic mass is 10.1. The van der Waals surface area contributed by atoms with Crippen molar-refractivity contribution >= 4 is 29.2 Å². The van der Waals surface area contributed by atoms with Crippen molar-refractivity contribution in [3.63, 3.8) is 0 Å². The van der Waals surface area contributed by atoms with Gasteiger partial charge in [-0.3, -0.25) is 15.0 Å². The third kappa shape index (κ3) is 6.48. The highest BCUT2D eigenvalue weighted by Gasteiger charge is 2.06. The van der Waals surface area contributed by atoms with Crippen LogP contribution in [0.4, 0.5) is 16.2 Å². The second-order valence-corrected chi connectivity index (χ2v) is 5.90. The lowest BCUT2D eigenvalue weighted by molar-refractivity contribution is -0.115. The number of nitrogens with one attached hydrogen (secondary N) is 4. The van der Waals surface area contributed by atoms with E-state index in [1.54, 1.807) is 18.2 Å². The van der Waals surface area contributed by atoms with Crippen molar-refractivity contribution in [1.82, 2.24) is 10.7 Å². The molecule has 28 heavy (non-hydrogen) atoms. The van der Waals surface area contributed by atoms with Gasteiger partial charge in [-0.2, -0.15) is 0 Å². The van der Waals surface area contributed by atoms with Crippen LogP contribution in [0.5, 0.6) is 0 Å². The van der Waals surface area contributed by atoms with E-state index < -0.39 is 6.03 Å². The summed E-state index contributed by atoms with van der Waals surface area (Å²) in [6.45, 7) is 3.14. The first-order valence-electron chi connectivity index (χ1n) is 8.42. The molecule has 2 rings (SSSR count). The summed E-state index contributed by atoms with van der Waals surface area (Å²) < 4.78 is 0. The first-order chi connectivity index (χ1) is 13.4. The van der Waals surface area contributed by atoms with Crippen LogP contribution >= 0.6 is 0 Å². The minimum absolute atomic E-state index is 0.232. The number of carbonyl (C=O) groups is 3. The molecule has 8 nitrogen and oxygen atoms in total. The van der Waals surface area contributed by atoms with Crippen molar-refractivity contribution in [2.75, 3.05) is 10.6 Å². The Morgan fingerprint density at radius 2 is 1.43 bits per heavy atom. The van der Waals surface area contributed by atoms with Crippen molar-refractivity contribution in [3.8, 4) is 11.8 Å². The fourth-order valence-electron chi connectivity index (χ4n) is 2.30. The lowest BCUT2D eigenvalue weighted by Crippen LogP contribution is -2.39. The molecule has 0 fully saturated rings. The molecule has 0 aliphatic carbocycles. The van der Waals surface area contributed by atoms with Gasteiger partial charge in [0.2, 0.25) is 11.8 Å². The summed E-state index contributed by atoms with van der Waals surface area (Å²) in [5.41, 5.74) is 5.36. The van der Waals surface area contributed by atoms with Crippen molar-refractivity contribution in [3.05, 3.63) is 59.2 Å². The maximum Gasteiger partial charge on any atom is 0.329 e. The summed E-state index contributed by atoms with van der Waals surface area (Å²) >= 11 is 0. The summed E-state index contributed by atoms with van der Waals surface area (Å²) in [6.07, 6.45) is 0. The zero-order valence-corrected chi connectivity index (χ0v) is 15.6. The Balaban J connectivity index is 2.15. The third-order valence-electron chi connectivity index (χ3n) is 3.53. The van der Waals surface area contributed by atoms with Crippen LogP contribution in [-0.2, 0) is 16.1 Å². The van der Waals surface area contributed by atoms with Crippen LogP contribution in [0.3, 0.4) is 0 Å². The Hall–Kier alpha value is -3.83. The second-order valence-electron chi connectivity index (χ2n) is 5.90. The molecule has 0 aliphatic rings. The van der Waals surface area contributed by atoms with Gasteiger partial charge in [-0.25, -0.2) is 10.6 Å². The number of rotatable bonds is 4. The third-order valence-corrected chi connectivity index (χ3v) is 3.53. The van der Waals surface area contributed by atoms with E-state index in [1.165, 1.54) is 13.8 Å². The van der Waals surface area contributed by atoms with Crippen molar-refractivity contribution < 1.29 is 14.4 Å². The van der Waals surface area contributed by atoms with E-state index in [0.717, 1.165) is 11.1 Å². The van der Waals surface area contributed by atoms with E-state index in [0.29, 0.717) is 23.5 Å². The van der Waals surface area contributed by atoms with Crippen molar-refractivity contribution in [2.45, 2.75) is 20.4 Å². The molecule has 0 aliphatic heterocycles. The van der Waals surface area contributed by atoms with Gasteiger partial charge in [0, 0.05) is 31.5 Å². The molecule has 0 saturated carbocycles. The van der Waals surface area contributed by atoms with Gasteiger partial charge in [0.25, 0.3) is 0 Å². The van der Waals surface area contributed by atoms with Gasteiger partial charge in [0.05, 0.1) is 11.4 Å². The van der Waals surface area contributed by atoms with Gasteiger partial charge in [-0.05, 0) is 35.9 Å². The van der Waals surface area contributed by atoms with Crippen LogP contribution in [0, 0.1) is 11.8 Å². The van der Waals surface area contributed by atoms with Gasteiger partial charge in [-0.1, -0.05) is 24.0 Å². The van der Waals surface area contributed by atoms with E-state index >= 15 is 0 Å². The van der Waals surface area contributed by atoms with E-state index in [1.807, 2.05) is 29.7 Å². The predicted molar refractivity (Wildman–Crippen MR) is 107 cm³/mol. The van der Waals surface area contributed by atoms with E-state index in [2.05, 4.69) is 27.8 Å². The molecule has 0 aromatic heterocycles. The molecule has 0 saturated heterocycles. The van der Waals surface area contributed by atoms with Gasteiger partial charge in [0.15, 0.2) is 0 Å². The number of hydrogen-bond donors (Lipinski definition) is 5. The monoisotopic (exact) mass is 379 g/mol. The highest BCUT2D eigenvalue weighted by molar-refractivity contribution is 5.98. The molecule has 0 atom stereocenters. The minimum Gasteiger partial charge on any atom is -0.333 e. The molecule has 0 spiro atoms. The molecule has 6 N–H and O–H groups in total. The maximum absolute atomic E-state index is 11.4. The predicted octanol–water partition coefficient (Wildman–Crippen LogP) is 1.68. The number of carbonyl (C=O) groups excluding carboxylic acids is 3. The molecule has 2 aromatic carbocycles. The number of benzene rings is 2. The van der Waals surface area contributed by atoms with Gasteiger partial charge < -0.3 is 16.0 Å². The summed E-state index contributed by atoms with van der Waals surface area (Å²) in [4.78, 5) is 33.8. The molecule has 4 amide bonds. The van der Waals surface area contributed by atoms with E-state index in [4.69, 9.17) is 5.84 Å². The fraction of sp³-hybridized carbons (Fsp3) is 0.150. The average molecular weight is 379 g/mol. The zero-order chi connectivity index (χ0) is 20.5. The normalized spacial score (nSPS) is 9.54. The molecular weight excluding hydrogens is 358 g/mol. The topological polar surface area (TPSA) is 125 Å². The Kier molecular flexibility index (Phi) is 7.13. The first-order valence-corrected chi connectivity index (χ1v) is 8.42. The molecular formula is C20H21N5O3. The van der Waals surface area contributed by atoms with Crippen molar-refractivity contribution in [1.29, 1.82) is 0 Å². The smallest absolute Gasteiger partial charge is 0.329 e. The molecule has 144 valence electrons. The van der Waals surface area contributed by atoms with Crippen LogP contribution in [0.15, 0.2) is 42.5 Å².